The Hall–Kier alpha value is -2.86. The van der Waals surface area contributed by atoms with E-state index in [1.54, 1.807) is 11.9 Å². The van der Waals surface area contributed by atoms with Crippen LogP contribution in [0.2, 0.25) is 0 Å². The van der Waals surface area contributed by atoms with Gasteiger partial charge >= 0.3 is 6.03 Å². The Balaban J connectivity index is 1.25. The number of likely N-dealkylation sites (N-methyl/N-ethyl adjacent to an activating group) is 1. The molecule has 0 bridgehead atoms. The van der Waals surface area contributed by atoms with Crippen LogP contribution in [0.4, 0.5) is 16.2 Å². The SMILES string of the molecule is CN(C(=O)Cc1ccc(NC(=O)N2CCN(C3CCCC3)CC2)cc1)c1ccccc1. The van der Waals surface area contributed by atoms with Crippen LogP contribution < -0.4 is 10.2 Å². The van der Waals surface area contributed by atoms with E-state index in [2.05, 4.69) is 10.2 Å². The van der Waals surface area contributed by atoms with Crippen LogP contribution in [-0.2, 0) is 11.2 Å². The van der Waals surface area contributed by atoms with Crippen LogP contribution in [-0.4, -0.2) is 61.0 Å². The fourth-order valence-corrected chi connectivity index (χ4v) is 4.56. The van der Waals surface area contributed by atoms with Crippen LogP contribution in [0.1, 0.15) is 31.2 Å². The molecule has 1 aliphatic heterocycles. The topological polar surface area (TPSA) is 55.9 Å². The summed E-state index contributed by atoms with van der Waals surface area (Å²) in [5.41, 5.74) is 2.57. The molecule has 6 heteroatoms. The summed E-state index contributed by atoms with van der Waals surface area (Å²) in [7, 11) is 1.79. The summed E-state index contributed by atoms with van der Waals surface area (Å²) in [6.07, 6.45) is 5.62. The van der Waals surface area contributed by atoms with Crippen molar-refractivity contribution in [3.63, 3.8) is 0 Å². The first kappa shape index (κ1) is 21.4. The number of rotatable bonds is 5. The number of amides is 3. The van der Waals surface area contributed by atoms with Crippen molar-refractivity contribution < 1.29 is 9.59 Å². The molecule has 31 heavy (non-hydrogen) atoms. The second-order valence-electron chi connectivity index (χ2n) is 8.55. The second-order valence-corrected chi connectivity index (χ2v) is 8.55. The van der Waals surface area contributed by atoms with Crippen LogP contribution >= 0.6 is 0 Å². The third-order valence-electron chi connectivity index (χ3n) is 6.52. The number of para-hydroxylation sites is 1. The van der Waals surface area contributed by atoms with E-state index >= 15 is 0 Å². The molecule has 0 spiro atoms. The zero-order valence-corrected chi connectivity index (χ0v) is 18.3. The lowest BCUT2D eigenvalue weighted by molar-refractivity contribution is -0.117. The highest BCUT2D eigenvalue weighted by molar-refractivity contribution is 5.94. The minimum absolute atomic E-state index is 0.0307. The van der Waals surface area contributed by atoms with E-state index in [0.717, 1.165) is 49.2 Å². The number of anilines is 2. The summed E-state index contributed by atoms with van der Waals surface area (Å²) < 4.78 is 0. The normalized spacial score (nSPS) is 17.5. The molecule has 4 rings (SSSR count). The minimum atomic E-state index is -0.0429. The van der Waals surface area contributed by atoms with Gasteiger partial charge in [-0.1, -0.05) is 43.2 Å². The Bertz CT molecular complexity index is 870. The summed E-state index contributed by atoms with van der Waals surface area (Å²) in [5.74, 6) is 0.0307. The van der Waals surface area contributed by atoms with E-state index < -0.39 is 0 Å². The summed E-state index contributed by atoms with van der Waals surface area (Å²) in [6, 6.07) is 17.9. The summed E-state index contributed by atoms with van der Waals surface area (Å²) >= 11 is 0. The highest BCUT2D eigenvalue weighted by atomic mass is 16.2. The number of carbonyl (C=O) groups is 2. The highest BCUT2D eigenvalue weighted by Gasteiger charge is 2.27. The van der Waals surface area contributed by atoms with Gasteiger partial charge in [0.05, 0.1) is 6.42 Å². The maximum atomic E-state index is 12.6. The van der Waals surface area contributed by atoms with Crippen LogP contribution in [0.5, 0.6) is 0 Å². The van der Waals surface area contributed by atoms with E-state index in [0.29, 0.717) is 6.42 Å². The second kappa shape index (κ2) is 9.96. The molecule has 0 atom stereocenters. The van der Waals surface area contributed by atoms with Crippen molar-refractivity contribution in [3.05, 3.63) is 60.2 Å². The molecular formula is C25H32N4O2. The quantitative estimate of drug-likeness (QED) is 0.796. The van der Waals surface area contributed by atoms with Crippen molar-refractivity contribution >= 4 is 23.3 Å². The van der Waals surface area contributed by atoms with E-state index in [-0.39, 0.29) is 11.9 Å². The lowest BCUT2D eigenvalue weighted by Gasteiger charge is -2.38. The third-order valence-corrected chi connectivity index (χ3v) is 6.52. The molecule has 2 aromatic carbocycles. The molecular weight excluding hydrogens is 388 g/mol. The number of hydrogen-bond acceptors (Lipinski definition) is 3. The molecule has 164 valence electrons. The van der Waals surface area contributed by atoms with Gasteiger partial charge in [0.2, 0.25) is 5.91 Å². The van der Waals surface area contributed by atoms with Gasteiger partial charge in [-0.25, -0.2) is 4.79 Å². The van der Waals surface area contributed by atoms with Gasteiger partial charge in [-0.15, -0.1) is 0 Å². The standard InChI is InChI=1S/C25H32N4O2/c1-27(22-7-3-2-4-8-22)24(30)19-20-11-13-21(14-12-20)26-25(31)29-17-15-28(16-18-29)23-9-5-6-10-23/h2-4,7-8,11-14,23H,5-6,9-10,15-19H2,1H3,(H,26,31). The molecule has 1 saturated carbocycles. The van der Waals surface area contributed by atoms with Gasteiger partial charge in [-0.05, 0) is 42.7 Å². The molecule has 0 unspecified atom stereocenters. The lowest BCUT2D eigenvalue weighted by atomic mass is 10.1. The van der Waals surface area contributed by atoms with Gasteiger partial charge in [-0.2, -0.15) is 0 Å². The third kappa shape index (κ3) is 5.44. The van der Waals surface area contributed by atoms with Crippen LogP contribution in [0.25, 0.3) is 0 Å². The minimum Gasteiger partial charge on any atom is -0.322 e. The van der Waals surface area contributed by atoms with Crippen molar-refractivity contribution in [1.29, 1.82) is 0 Å². The molecule has 2 aromatic rings. The molecule has 1 heterocycles. The molecule has 3 amide bonds. The predicted octanol–water partition coefficient (Wildman–Crippen LogP) is 3.98. The predicted molar refractivity (Wildman–Crippen MR) is 124 cm³/mol. The van der Waals surface area contributed by atoms with Crippen LogP contribution in [0.3, 0.4) is 0 Å². The lowest BCUT2D eigenvalue weighted by Crippen LogP contribution is -2.52. The first-order valence-corrected chi connectivity index (χ1v) is 11.3. The van der Waals surface area contributed by atoms with Gasteiger partial charge in [0.25, 0.3) is 0 Å². The average molecular weight is 421 g/mol. The molecule has 1 aliphatic carbocycles. The summed E-state index contributed by atoms with van der Waals surface area (Å²) in [5, 5.41) is 3.00. The summed E-state index contributed by atoms with van der Waals surface area (Å²) in [4.78, 5) is 31.3. The smallest absolute Gasteiger partial charge is 0.321 e. The van der Waals surface area contributed by atoms with Crippen molar-refractivity contribution in [2.24, 2.45) is 0 Å². The van der Waals surface area contributed by atoms with Gasteiger partial charge in [0.15, 0.2) is 0 Å². The van der Waals surface area contributed by atoms with E-state index in [1.807, 2.05) is 59.5 Å². The van der Waals surface area contributed by atoms with Crippen molar-refractivity contribution in [3.8, 4) is 0 Å². The zero-order valence-electron chi connectivity index (χ0n) is 18.3. The maximum Gasteiger partial charge on any atom is 0.321 e. The molecule has 2 aliphatic rings. The number of benzene rings is 2. The number of piperazine rings is 1. The molecule has 6 nitrogen and oxygen atoms in total. The van der Waals surface area contributed by atoms with E-state index in [1.165, 1.54) is 25.7 Å². The number of urea groups is 1. The molecule has 1 saturated heterocycles. The first-order chi connectivity index (χ1) is 15.1. The van der Waals surface area contributed by atoms with Crippen LogP contribution in [0.15, 0.2) is 54.6 Å². The van der Waals surface area contributed by atoms with Crippen LogP contribution in [0, 0.1) is 0 Å². The van der Waals surface area contributed by atoms with E-state index in [9.17, 15) is 9.59 Å². The number of hydrogen-bond donors (Lipinski definition) is 1. The van der Waals surface area contributed by atoms with Crippen molar-refractivity contribution in [2.45, 2.75) is 38.1 Å². The number of nitrogens with zero attached hydrogens (tertiary/aromatic N) is 3. The maximum absolute atomic E-state index is 12.6. The fraction of sp³-hybridized carbons (Fsp3) is 0.440. The fourth-order valence-electron chi connectivity index (χ4n) is 4.56. The van der Waals surface area contributed by atoms with Gasteiger partial charge in [0, 0.05) is 50.6 Å². The molecule has 0 aromatic heterocycles. The largest absolute Gasteiger partial charge is 0.322 e. The zero-order chi connectivity index (χ0) is 21.6. The van der Waals surface area contributed by atoms with Gasteiger partial charge in [-0.3, -0.25) is 9.69 Å². The summed E-state index contributed by atoms with van der Waals surface area (Å²) in [6.45, 7) is 3.49. The Labute approximate surface area is 184 Å². The first-order valence-electron chi connectivity index (χ1n) is 11.3. The highest BCUT2D eigenvalue weighted by Crippen LogP contribution is 2.24. The average Bonchev–Trinajstić information content (AvgIpc) is 3.35. The van der Waals surface area contributed by atoms with Crippen molar-refractivity contribution in [1.82, 2.24) is 9.80 Å². The van der Waals surface area contributed by atoms with Crippen molar-refractivity contribution in [2.75, 3.05) is 43.4 Å². The van der Waals surface area contributed by atoms with Gasteiger partial charge < -0.3 is 15.1 Å². The Kier molecular flexibility index (Phi) is 6.87. The van der Waals surface area contributed by atoms with E-state index in [4.69, 9.17) is 0 Å². The molecule has 0 radical (unpaired) electrons. The van der Waals surface area contributed by atoms with Gasteiger partial charge in [0.1, 0.15) is 0 Å². The Morgan fingerprint density at radius 1 is 0.935 bits per heavy atom. The number of nitrogens with one attached hydrogen (secondary N) is 1. The Morgan fingerprint density at radius 3 is 2.23 bits per heavy atom. The Morgan fingerprint density at radius 2 is 1.58 bits per heavy atom. The molecule has 1 N–H and O–H groups in total. The molecule has 2 fully saturated rings. The monoisotopic (exact) mass is 420 g/mol. The number of carbonyl (C=O) groups excluding carboxylic acids is 2.